The van der Waals surface area contributed by atoms with Crippen LogP contribution in [0.5, 0.6) is 34.5 Å². The zero-order valence-electron chi connectivity index (χ0n) is 20.3. The Morgan fingerprint density at radius 3 is 2.14 bits per heavy atom. The molecule has 2 aromatic carbocycles. The standard InChI is InChI=1S/C25H28O11/c1-10-13(26)9-14-18(23(10)36-25-22(30)21(29)19(27)11(2)34-25)20(28)15(35-14)6-12-7-16(31-3)24(33-5)17(8-12)32-4/h6-9,11,19,21-22,25-27,29-30H,1-5H3/b15-6+/t11?,19-,21?,22-,25-/m0/s1. The maximum atomic E-state index is 13.4. The van der Waals surface area contributed by atoms with Crippen molar-refractivity contribution in [2.45, 2.75) is 44.6 Å². The number of fused-ring (bicyclic) bond motifs is 1. The minimum absolute atomic E-state index is 0.00746. The fraction of sp³-hybridized carbons (Fsp3) is 0.400. The van der Waals surface area contributed by atoms with Crippen LogP contribution < -0.4 is 23.7 Å². The number of hydrogen-bond donors (Lipinski definition) is 4. The Kier molecular flexibility index (Phi) is 7.01. The fourth-order valence-corrected chi connectivity index (χ4v) is 4.11. The Hall–Kier alpha value is -3.51. The van der Waals surface area contributed by atoms with Crippen LogP contribution in [0, 0.1) is 6.92 Å². The van der Waals surface area contributed by atoms with E-state index < -0.39 is 36.5 Å². The second-order valence-corrected chi connectivity index (χ2v) is 8.42. The molecule has 1 fully saturated rings. The monoisotopic (exact) mass is 504 g/mol. The molecular weight excluding hydrogens is 476 g/mol. The normalized spacial score (nSPS) is 26.4. The molecule has 2 aliphatic heterocycles. The smallest absolute Gasteiger partial charge is 0.235 e. The number of carbonyl (C=O) groups excluding carboxylic acids is 1. The summed E-state index contributed by atoms with van der Waals surface area (Å²) in [5.41, 5.74) is 0.720. The van der Waals surface area contributed by atoms with Crippen molar-refractivity contribution in [3.8, 4) is 34.5 Å². The molecule has 2 aliphatic rings. The minimum Gasteiger partial charge on any atom is -0.507 e. The van der Waals surface area contributed by atoms with Crippen molar-refractivity contribution in [2.75, 3.05) is 21.3 Å². The highest BCUT2D eigenvalue weighted by atomic mass is 16.7. The summed E-state index contributed by atoms with van der Waals surface area (Å²) >= 11 is 0. The SMILES string of the molecule is COc1cc(/C=C2/Oc3cc(O)c(C)c(O[C@@H]4OC(C)[C@H](O)C(O)[C@@H]4O)c3C2=O)cc(OC)c1OC. The molecule has 4 N–H and O–H groups in total. The van der Waals surface area contributed by atoms with Gasteiger partial charge in [-0.1, -0.05) is 0 Å². The highest BCUT2D eigenvalue weighted by Gasteiger charge is 2.44. The topological polar surface area (TPSA) is 153 Å². The van der Waals surface area contributed by atoms with Gasteiger partial charge < -0.3 is 48.8 Å². The van der Waals surface area contributed by atoms with Gasteiger partial charge in [-0.3, -0.25) is 4.79 Å². The average Bonchev–Trinajstić information content (AvgIpc) is 3.16. The summed E-state index contributed by atoms with van der Waals surface area (Å²) in [6.45, 7) is 3.02. The van der Waals surface area contributed by atoms with Gasteiger partial charge in [0.15, 0.2) is 17.3 Å². The zero-order valence-corrected chi connectivity index (χ0v) is 20.3. The highest BCUT2D eigenvalue weighted by Crippen LogP contribution is 2.46. The Labute approximate surface area is 207 Å². The molecule has 0 aliphatic carbocycles. The van der Waals surface area contributed by atoms with E-state index in [2.05, 4.69) is 0 Å². The van der Waals surface area contributed by atoms with Crippen LogP contribution in [-0.4, -0.2) is 78.2 Å². The van der Waals surface area contributed by atoms with E-state index >= 15 is 0 Å². The fourth-order valence-electron chi connectivity index (χ4n) is 4.11. The van der Waals surface area contributed by atoms with Crippen molar-refractivity contribution in [2.24, 2.45) is 0 Å². The first kappa shape index (κ1) is 25.6. The van der Waals surface area contributed by atoms with E-state index in [0.717, 1.165) is 0 Å². The van der Waals surface area contributed by atoms with Gasteiger partial charge in [0.1, 0.15) is 41.1 Å². The number of carbonyl (C=O) groups is 1. The van der Waals surface area contributed by atoms with Crippen molar-refractivity contribution < 1.29 is 53.6 Å². The third-order valence-electron chi connectivity index (χ3n) is 6.16. The Morgan fingerprint density at radius 1 is 0.917 bits per heavy atom. The van der Waals surface area contributed by atoms with Crippen LogP contribution >= 0.6 is 0 Å². The first-order valence-corrected chi connectivity index (χ1v) is 11.1. The summed E-state index contributed by atoms with van der Waals surface area (Å²) in [5.74, 6) is 0.264. The van der Waals surface area contributed by atoms with Gasteiger partial charge in [0.25, 0.3) is 0 Å². The van der Waals surface area contributed by atoms with Crippen LogP contribution in [0.15, 0.2) is 24.0 Å². The van der Waals surface area contributed by atoms with Crippen molar-refractivity contribution >= 4 is 11.9 Å². The first-order chi connectivity index (χ1) is 17.1. The summed E-state index contributed by atoms with van der Waals surface area (Å²) in [6.07, 6.45) is -5.28. The van der Waals surface area contributed by atoms with Gasteiger partial charge in [0, 0.05) is 11.6 Å². The third-order valence-corrected chi connectivity index (χ3v) is 6.16. The molecule has 0 radical (unpaired) electrons. The van der Waals surface area contributed by atoms with Crippen LogP contribution in [0.25, 0.3) is 6.08 Å². The first-order valence-electron chi connectivity index (χ1n) is 11.1. The van der Waals surface area contributed by atoms with E-state index in [1.807, 2.05) is 0 Å². The molecule has 2 unspecified atom stereocenters. The van der Waals surface area contributed by atoms with Gasteiger partial charge in [0.05, 0.1) is 27.4 Å². The molecule has 36 heavy (non-hydrogen) atoms. The molecule has 0 bridgehead atoms. The van der Waals surface area contributed by atoms with E-state index in [1.165, 1.54) is 47.3 Å². The van der Waals surface area contributed by atoms with E-state index in [9.17, 15) is 25.2 Å². The van der Waals surface area contributed by atoms with E-state index in [-0.39, 0.29) is 34.1 Å². The number of ketones is 1. The summed E-state index contributed by atoms with van der Waals surface area (Å²) in [4.78, 5) is 13.4. The molecule has 0 saturated carbocycles. The number of allylic oxidation sites excluding steroid dienone is 1. The lowest BCUT2D eigenvalue weighted by molar-refractivity contribution is -0.268. The number of methoxy groups -OCH3 is 3. The number of hydrogen-bond acceptors (Lipinski definition) is 11. The largest absolute Gasteiger partial charge is 0.507 e. The maximum Gasteiger partial charge on any atom is 0.235 e. The number of phenols is 1. The second kappa shape index (κ2) is 9.86. The molecule has 11 heteroatoms. The Bertz CT molecular complexity index is 1180. The lowest BCUT2D eigenvalue weighted by Gasteiger charge is -2.39. The minimum atomic E-state index is -1.61. The molecule has 2 aromatic rings. The molecule has 0 aromatic heterocycles. The van der Waals surface area contributed by atoms with Crippen molar-refractivity contribution in [3.63, 3.8) is 0 Å². The van der Waals surface area contributed by atoms with E-state index in [0.29, 0.717) is 22.8 Å². The summed E-state index contributed by atoms with van der Waals surface area (Å²) in [5, 5.41) is 40.9. The lowest BCUT2D eigenvalue weighted by Crippen LogP contribution is -2.58. The van der Waals surface area contributed by atoms with Gasteiger partial charge in [-0.25, -0.2) is 0 Å². The van der Waals surface area contributed by atoms with Gasteiger partial charge in [-0.05, 0) is 37.6 Å². The summed E-state index contributed by atoms with van der Waals surface area (Å²) in [6, 6.07) is 4.55. The molecule has 1 saturated heterocycles. The van der Waals surface area contributed by atoms with Crippen LogP contribution in [0.4, 0.5) is 0 Å². The highest BCUT2D eigenvalue weighted by molar-refractivity contribution is 6.16. The summed E-state index contributed by atoms with van der Waals surface area (Å²) in [7, 11) is 4.41. The second-order valence-electron chi connectivity index (χ2n) is 8.42. The van der Waals surface area contributed by atoms with Crippen LogP contribution in [0.1, 0.15) is 28.4 Å². The molecule has 194 valence electrons. The predicted octanol–water partition coefficient (Wildman–Crippen LogP) is 1.55. The van der Waals surface area contributed by atoms with Gasteiger partial charge in [0.2, 0.25) is 17.8 Å². The molecule has 5 atom stereocenters. The molecule has 0 amide bonds. The van der Waals surface area contributed by atoms with Gasteiger partial charge in [-0.15, -0.1) is 0 Å². The number of aliphatic hydroxyl groups is 3. The van der Waals surface area contributed by atoms with Crippen LogP contribution in [-0.2, 0) is 4.74 Å². The van der Waals surface area contributed by atoms with Crippen LogP contribution in [0.3, 0.4) is 0 Å². The molecule has 0 spiro atoms. The number of phenolic OH excluding ortho intramolecular Hbond substituents is 1. The zero-order chi connectivity index (χ0) is 26.3. The summed E-state index contributed by atoms with van der Waals surface area (Å²) < 4.78 is 33.1. The number of aliphatic hydroxyl groups excluding tert-OH is 3. The third kappa shape index (κ3) is 4.30. The van der Waals surface area contributed by atoms with E-state index in [4.69, 9.17) is 28.4 Å². The maximum absolute atomic E-state index is 13.4. The van der Waals surface area contributed by atoms with Crippen molar-refractivity contribution in [3.05, 3.63) is 40.6 Å². The molecule has 11 nitrogen and oxygen atoms in total. The number of Topliss-reactive ketones (excluding diaryl/α,β-unsaturated/α-hetero) is 1. The quantitative estimate of drug-likeness (QED) is 0.424. The molecule has 4 rings (SSSR count). The van der Waals surface area contributed by atoms with Crippen molar-refractivity contribution in [1.29, 1.82) is 0 Å². The number of aromatic hydroxyl groups is 1. The number of benzene rings is 2. The number of ether oxygens (including phenoxy) is 6. The Morgan fingerprint density at radius 2 is 1.56 bits per heavy atom. The van der Waals surface area contributed by atoms with Gasteiger partial charge >= 0.3 is 0 Å². The lowest BCUT2D eigenvalue weighted by atomic mass is 9.99. The molecule has 2 heterocycles. The average molecular weight is 504 g/mol. The molecular formula is C25H28O11. The number of rotatable bonds is 6. The Balaban J connectivity index is 1.72. The van der Waals surface area contributed by atoms with Crippen LogP contribution in [0.2, 0.25) is 0 Å². The van der Waals surface area contributed by atoms with Gasteiger partial charge in [-0.2, -0.15) is 0 Å². The predicted molar refractivity (Wildman–Crippen MR) is 125 cm³/mol. The van der Waals surface area contributed by atoms with Crippen molar-refractivity contribution in [1.82, 2.24) is 0 Å². The van der Waals surface area contributed by atoms with E-state index in [1.54, 1.807) is 12.1 Å².